The molecule has 7 nitrogen and oxygen atoms in total. The molecule has 1 aromatic carbocycles. The van der Waals surface area contributed by atoms with Gasteiger partial charge in [-0.2, -0.15) is 0 Å². The molecule has 0 unspecified atom stereocenters. The molecule has 8 heteroatoms. The summed E-state index contributed by atoms with van der Waals surface area (Å²) in [5, 5.41) is 11.7. The van der Waals surface area contributed by atoms with Crippen LogP contribution in [0.5, 0.6) is 0 Å². The Morgan fingerprint density at radius 3 is 2.70 bits per heavy atom. The van der Waals surface area contributed by atoms with Crippen molar-refractivity contribution < 1.29 is 9.72 Å². The first-order valence-corrected chi connectivity index (χ1v) is 10.8. The second-order valence-electron chi connectivity index (χ2n) is 7.46. The molecule has 4 rings (SSSR count). The van der Waals surface area contributed by atoms with Crippen molar-refractivity contribution in [3.8, 4) is 0 Å². The van der Waals surface area contributed by atoms with Crippen LogP contribution in [0, 0.1) is 17.0 Å². The molecular weight excluding hydrogens is 400 g/mol. The normalized spacial score (nSPS) is 20.3. The van der Waals surface area contributed by atoms with Crippen molar-refractivity contribution >= 4 is 40.4 Å². The molecule has 0 bridgehead atoms. The molecule has 1 amide bonds. The van der Waals surface area contributed by atoms with Crippen LogP contribution in [0.3, 0.4) is 0 Å². The van der Waals surface area contributed by atoms with E-state index < -0.39 is 4.92 Å². The van der Waals surface area contributed by atoms with E-state index in [0.29, 0.717) is 21.5 Å². The van der Waals surface area contributed by atoms with Gasteiger partial charge in [0.15, 0.2) is 11.0 Å². The Morgan fingerprint density at radius 1 is 1.20 bits per heavy atom. The van der Waals surface area contributed by atoms with Gasteiger partial charge in [-0.05, 0) is 55.3 Å². The molecule has 2 heterocycles. The molecule has 2 aromatic rings. The van der Waals surface area contributed by atoms with Gasteiger partial charge in [0.1, 0.15) is 0 Å². The lowest BCUT2D eigenvalue weighted by atomic mass is 9.94. The Kier molecular flexibility index (Phi) is 5.94. The number of rotatable bonds is 4. The monoisotopic (exact) mass is 422 g/mol. The minimum atomic E-state index is -0.434. The number of benzene rings is 1. The number of aromatic nitrogens is 1. The van der Waals surface area contributed by atoms with E-state index in [-0.39, 0.29) is 17.6 Å². The molecule has 2 aliphatic rings. The average molecular weight is 423 g/mol. The van der Waals surface area contributed by atoms with Crippen molar-refractivity contribution in [1.29, 1.82) is 0 Å². The second-order valence-corrected chi connectivity index (χ2v) is 8.47. The third-order valence-electron chi connectivity index (χ3n) is 5.24. The molecule has 0 radical (unpaired) electrons. The fraction of sp³-hybridized carbons (Fsp3) is 0.318. The van der Waals surface area contributed by atoms with Gasteiger partial charge in [-0.3, -0.25) is 19.8 Å². The highest BCUT2D eigenvalue weighted by Gasteiger charge is 2.38. The van der Waals surface area contributed by atoms with Crippen molar-refractivity contribution in [2.45, 2.75) is 45.1 Å². The number of thioether (sulfide) groups is 1. The molecule has 1 aliphatic heterocycles. The van der Waals surface area contributed by atoms with E-state index in [1.807, 2.05) is 25.1 Å². The molecule has 1 saturated heterocycles. The standard InChI is InChI=1S/C22H22N4O3S/c1-15-7-5-12-20(23-15)24-22-25(17-9-3-2-4-10-17)21(27)19(30-22)14-16-8-6-11-18(13-16)26(28)29/h5-8,11-14,17H,2-4,9-10H2,1H3/b19-14-,24-22+. The predicted molar refractivity (Wildman–Crippen MR) is 118 cm³/mol. The van der Waals surface area contributed by atoms with E-state index >= 15 is 0 Å². The summed E-state index contributed by atoms with van der Waals surface area (Å²) >= 11 is 1.31. The summed E-state index contributed by atoms with van der Waals surface area (Å²) in [6.45, 7) is 1.91. The third-order valence-corrected chi connectivity index (χ3v) is 6.22. The van der Waals surface area contributed by atoms with E-state index in [9.17, 15) is 14.9 Å². The maximum absolute atomic E-state index is 13.3. The van der Waals surface area contributed by atoms with Crippen LogP contribution in [0.4, 0.5) is 11.5 Å². The lowest BCUT2D eigenvalue weighted by Gasteiger charge is -2.30. The highest BCUT2D eigenvalue weighted by molar-refractivity contribution is 8.18. The summed E-state index contributed by atoms with van der Waals surface area (Å²) in [5.74, 6) is 0.479. The van der Waals surface area contributed by atoms with E-state index in [1.165, 1.54) is 30.3 Å². The Hall–Kier alpha value is -3.00. The van der Waals surface area contributed by atoms with Crippen LogP contribution in [0.25, 0.3) is 6.08 Å². The third kappa shape index (κ3) is 4.43. The van der Waals surface area contributed by atoms with Crippen LogP contribution in [0.2, 0.25) is 0 Å². The second kappa shape index (κ2) is 8.79. The SMILES string of the molecule is Cc1cccc(/N=C2/S/C(=C\c3cccc([N+](=O)[O-])c3)C(=O)N2C2CCCCC2)n1. The van der Waals surface area contributed by atoms with Crippen LogP contribution in [0.15, 0.2) is 52.4 Å². The maximum Gasteiger partial charge on any atom is 0.270 e. The fourth-order valence-electron chi connectivity index (χ4n) is 3.79. The Labute approximate surface area is 179 Å². The minimum absolute atomic E-state index is 0.00165. The van der Waals surface area contributed by atoms with E-state index in [1.54, 1.807) is 23.1 Å². The first-order chi connectivity index (χ1) is 14.5. The van der Waals surface area contributed by atoms with Gasteiger partial charge in [0.2, 0.25) is 0 Å². The largest absolute Gasteiger partial charge is 0.283 e. The zero-order valence-electron chi connectivity index (χ0n) is 16.7. The fourth-order valence-corrected chi connectivity index (χ4v) is 4.84. The number of amides is 1. The number of nitro benzene ring substituents is 1. The van der Waals surface area contributed by atoms with Crippen molar-refractivity contribution in [3.05, 3.63) is 68.7 Å². The highest BCUT2D eigenvalue weighted by atomic mass is 32.2. The molecule has 0 N–H and O–H groups in total. The number of nitrogens with zero attached hydrogens (tertiary/aromatic N) is 4. The first kappa shape index (κ1) is 20.3. The zero-order valence-corrected chi connectivity index (χ0v) is 17.5. The number of nitro groups is 1. The number of carbonyl (C=O) groups excluding carboxylic acids is 1. The van der Waals surface area contributed by atoms with Crippen LogP contribution in [-0.4, -0.2) is 31.9 Å². The highest BCUT2D eigenvalue weighted by Crippen LogP contribution is 2.38. The number of hydrogen-bond donors (Lipinski definition) is 0. The summed E-state index contributed by atoms with van der Waals surface area (Å²) in [4.78, 5) is 35.4. The summed E-state index contributed by atoms with van der Waals surface area (Å²) < 4.78 is 0. The number of non-ortho nitro benzene ring substituents is 1. The lowest BCUT2D eigenvalue weighted by molar-refractivity contribution is -0.384. The van der Waals surface area contributed by atoms with Gasteiger partial charge in [0, 0.05) is 23.9 Å². The molecule has 0 atom stereocenters. The quantitative estimate of drug-likeness (QED) is 0.382. The van der Waals surface area contributed by atoms with Gasteiger partial charge < -0.3 is 0 Å². The molecule has 1 aliphatic carbocycles. The molecular formula is C22H22N4O3S. The predicted octanol–water partition coefficient (Wildman–Crippen LogP) is 5.23. The summed E-state index contributed by atoms with van der Waals surface area (Å²) in [6, 6.07) is 12.1. The molecule has 154 valence electrons. The smallest absolute Gasteiger partial charge is 0.270 e. The number of amidine groups is 1. The van der Waals surface area contributed by atoms with Gasteiger partial charge in [-0.25, -0.2) is 9.98 Å². The first-order valence-electron chi connectivity index (χ1n) is 10.0. The Balaban J connectivity index is 1.71. The lowest BCUT2D eigenvalue weighted by Crippen LogP contribution is -2.40. The van der Waals surface area contributed by atoms with Crippen LogP contribution in [0.1, 0.15) is 43.4 Å². The van der Waals surface area contributed by atoms with Crippen LogP contribution in [-0.2, 0) is 4.79 Å². The molecule has 1 saturated carbocycles. The van der Waals surface area contributed by atoms with E-state index in [2.05, 4.69) is 9.98 Å². The van der Waals surface area contributed by atoms with Crippen LogP contribution < -0.4 is 0 Å². The Morgan fingerprint density at radius 2 is 1.97 bits per heavy atom. The average Bonchev–Trinajstić information content (AvgIpc) is 3.03. The van der Waals surface area contributed by atoms with Crippen LogP contribution >= 0.6 is 11.8 Å². The maximum atomic E-state index is 13.3. The van der Waals surface area contributed by atoms with E-state index in [4.69, 9.17) is 0 Å². The summed E-state index contributed by atoms with van der Waals surface area (Å²) in [6.07, 6.45) is 7.00. The summed E-state index contributed by atoms with van der Waals surface area (Å²) in [7, 11) is 0. The molecule has 1 aromatic heterocycles. The number of carbonyl (C=O) groups is 1. The van der Waals surface area contributed by atoms with Crippen molar-refractivity contribution in [3.63, 3.8) is 0 Å². The Bertz CT molecular complexity index is 1040. The zero-order chi connectivity index (χ0) is 21.1. The number of hydrogen-bond acceptors (Lipinski definition) is 6. The van der Waals surface area contributed by atoms with Gasteiger partial charge in [-0.15, -0.1) is 0 Å². The topological polar surface area (TPSA) is 88.7 Å². The van der Waals surface area contributed by atoms with Crippen molar-refractivity contribution in [2.24, 2.45) is 4.99 Å². The molecule has 0 spiro atoms. The van der Waals surface area contributed by atoms with E-state index in [0.717, 1.165) is 31.4 Å². The number of aryl methyl sites for hydroxylation is 1. The van der Waals surface area contributed by atoms with Gasteiger partial charge >= 0.3 is 0 Å². The minimum Gasteiger partial charge on any atom is -0.283 e. The van der Waals surface area contributed by atoms with Gasteiger partial charge in [-0.1, -0.05) is 37.5 Å². The van der Waals surface area contributed by atoms with Gasteiger partial charge in [0.25, 0.3) is 11.6 Å². The van der Waals surface area contributed by atoms with Gasteiger partial charge in [0.05, 0.1) is 9.83 Å². The number of aliphatic imine (C=N–C) groups is 1. The molecule has 2 fully saturated rings. The van der Waals surface area contributed by atoms with Crippen molar-refractivity contribution in [2.75, 3.05) is 0 Å². The van der Waals surface area contributed by atoms with Crippen molar-refractivity contribution in [1.82, 2.24) is 9.88 Å². The number of pyridine rings is 1. The molecule has 30 heavy (non-hydrogen) atoms. The summed E-state index contributed by atoms with van der Waals surface area (Å²) in [5.41, 5.74) is 1.49.